The lowest BCUT2D eigenvalue weighted by atomic mass is 10.3. The first-order chi connectivity index (χ1) is 8.54. The first-order valence-corrected chi connectivity index (χ1v) is 5.62. The number of halogens is 3. The van der Waals surface area contributed by atoms with Gasteiger partial charge in [0.15, 0.2) is 5.75 Å². The van der Waals surface area contributed by atoms with Gasteiger partial charge in [0.2, 0.25) is 0 Å². The second-order valence-electron chi connectivity index (χ2n) is 3.89. The third kappa shape index (κ3) is 3.78. The van der Waals surface area contributed by atoms with Crippen molar-refractivity contribution in [2.24, 2.45) is 0 Å². The van der Waals surface area contributed by atoms with Gasteiger partial charge in [-0.3, -0.25) is 0 Å². The molecule has 2 N–H and O–H groups in total. The largest absolute Gasteiger partial charge is 0.573 e. The number of anilines is 1. The summed E-state index contributed by atoms with van der Waals surface area (Å²) in [6, 6.07) is 6.01. The Morgan fingerprint density at radius 3 is 2.50 bits per heavy atom. The van der Waals surface area contributed by atoms with E-state index in [-0.39, 0.29) is 5.75 Å². The molecule has 0 saturated carbocycles. The van der Waals surface area contributed by atoms with E-state index in [2.05, 4.69) is 15.5 Å². The average molecular weight is 261 g/mol. The number of ether oxygens (including phenoxy) is 1. The molecule has 1 aliphatic heterocycles. The van der Waals surface area contributed by atoms with Crippen molar-refractivity contribution in [2.45, 2.75) is 6.36 Å². The van der Waals surface area contributed by atoms with Crippen molar-refractivity contribution in [1.29, 1.82) is 0 Å². The monoisotopic (exact) mass is 261 g/mol. The molecule has 0 aliphatic carbocycles. The van der Waals surface area contributed by atoms with Gasteiger partial charge < -0.3 is 15.5 Å². The minimum Gasteiger partial charge on any atom is -0.404 e. The Labute approximate surface area is 103 Å². The fourth-order valence-corrected chi connectivity index (χ4v) is 1.72. The summed E-state index contributed by atoms with van der Waals surface area (Å²) >= 11 is 0. The number of piperazine rings is 1. The van der Waals surface area contributed by atoms with E-state index in [0.717, 1.165) is 26.2 Å². The molecule has 0 spiro atoms. The standard InChI is InChI=1S/C11H14F3N3O/c12-11(13,14)18-10-4-2-1-3-9(10)16-17-7-5-15-6-8-17/h1-4,15-16H,5-8H2. The van der Waals surface area contributed by atoms with E-state index in [1.807, 2.05) is 5.01 Å². The first kappa shape index (κ1) is 13.0. The summed E-state index contributed by atoms with van der Waals surface area (Å²) in [6.45, 7) is 3.05. The Balaban J connectivity index is 2.06. The van der Waals surface area contributed by atoms with Crippen LogP contribution in [0.1, 0.15) is 0 Å². The Hall–Kier alpha value is -1.47. The van der Waals surface area contributed by atoms with Gasteiger partial charge >= 0.3 is 6.36 Å². The van der Waals surface area contributed by atoms with Gasteiger partial charge in [-0.05, 0) is 12.1 Å². The normalized spacial score (nSPS) is 17.5. The van der Waals surface area contributed by atoms with E-state index in [9.17, 15) is 13.2 Å². The number of alkyl halides is 3. The Morgan fingerprint density at radius 2 is 1.83 bits per heavy atom. The van der Waals surface area contributed by atoms with E-state index in [4.69, 9.17) is 0 Å². The maximum absolute atomic E-state index is 12.2. The minimum absolute atomic E-state index is 0.219. The molecule has 0 bridgehead atoms. The van der Waals surface area contributed by atoms with Crippen molar-refractivity contribution in [3.63, 3.8) is 0 Å². The summed E-state index contributed by atoms with van der Waals surface area (Å²) in [5.74, 6) is -0.219. The van der Waals surface area contributed by atoms with Crippen LogP contribution in [0.3, 0.4) is 0 Å². The van der Waals surface area contributed by atoms with Crippen LogP contribution in [-0.2, 0) is 0 Å². The molecular formula is C11H14F3N3O. The summed E-state index contributed by atoms with van der Waals surface area (Å²) in [5.41, 5.74) is 3.26. The molecule has 1 heterocycles. The smallest absolute Gasteiger partial charge is 0.404 e. The van der Waals surface area contributed by atoms with Crippen LogP contribution in [0.4, 0.5) is 18.9 Å². The fraction of sp³-hybridized carbons (Fsp3) is 0.455. The highest BCUT2D eigenvalue weighted by Crippen LogP contribution is 2.30. The number of hydrogen-bond donors (Lipinski definition) is 2. The highest BCUT2D eigenvalue weighted by atomic mass is 19.4. The Morgan fingerprint density at radius 1 is 1.17 bits per heavy atom. The van der Waals surface area contributed by atoms with E-state index < -0.39 is 6.36 Å². The molecule has 1 saturated heterocycles. The highest BCUT2D eigenvalue weighted by molar-refractivity contribution is 5.55. The molecule has 1 aromatic carbocycles. The minimum atomic E-state index is -4.68. The number of para-hydroxylation sites is 2. The lowest BCUT2D eigenvalue weighted by Crippen LogP contribution is -2.46. The van der Waals surface area contributed by atoms with Gasteiger partial charge in [-0.15, -0.1) is 13.2 Å². The molecule has 1 aliphatic rings. The first-order valence-electron chi connectivity index (χ1n) is 5.62. The van der Waals surface area contributed by atoms with Crippen LogP contribution in [0.2, 0.25) is 0 Å². The predicted octanol–water partition coefficient (Wildman–Crippen LogP) is 1.82. The molecule has 0 atom stereocenters. The summed E-state index contributed by atoms with van der Waals surface area (Å²) < 4.78 is 40.6. The van der Waals surface area contributed by atoms with Gasteiger partial charge in [0.25, 0.3) is 0 Å². The fourth-order valence-electron chi connectivity index (χ4n) is 1.72. The molecule has 100 valence electrons. The third-order valence-electron chi connectivity index (χ3n) is 2.51. The summed E-state index contributed by atoms with van der Waals surface area (Å²) in [4.78, 5) is 0. The van der Waals surface area contributed by atoms with Crippen LogP contribution in [0.5, 0.6) is 5.75 Å². The molecular weight excluding hydrogens is 247 g/mol. The summed E-state index contributed by atoms with van der Waals surface area (Å²) in [5, 5.41) is 5.02. The molecule has 4 nitrogen and oxygen atoms in total. The maximum Gasteiger partial charge on any atom is 0.573 e. The Kier molecular flexibility index (Phi) is 3.93. The molecule has 0 aromatic heterocycles. The van der Waals surface area contributed by atoms with E-state index >= 15 is 0 Å². The van der Waals surface area contributed by atoms with Crippen LogP contribution in [-0.4, -0.2) is 37.6 Å². The molecule has 1 aromatic rings. The number of hydrogen-bond acceptors (Lipinski definition) is 4. The van der Waals surface area contributed by atoms with Crippen LogP contribution in [0.25, 0.3) is 0 Å². The lowest BCUT2D eigenvalue weighted by molar-refractivity contribution is -0.274. The molecule has 0 unspecified atom stereocenters. The van der Waals surface area contributed by atoms with Crippen molar-refractivity contribution in [3.05, 3.63) is 24.3 Å². The molecule has 0 radical (unpaired) electrons. The number of hydrazine groups is 1. The molecule has 7 heteroatoms. The number of benzene rings is 1. The van der Waals surface area contributed by atoms with Crippen molar-refractivity contribution >= 4 is 5.69 Å². The zero-order valence-electron chi connectivity index (χ0n) is 9.63. The summed E-state index contributed by atoms with van der Waals surface area (Å²) in [6.07, 6.45) is -4.68. The second kappa shape index (κ2) is 5.45. The maximum atomic E-state index is 12.2. The van der Waals surface area contributed by atoms with Gasteiger partial charge in [-0.25, -0.2) is 5.01 Å². The van der Waals surface area contributed by atoms with Crippen LogP contribution in [0.15, 0.2) is 24.3 Å². The van der Waals surface area contributed by atoms with Crippen LogP contribution >= 0.6 is 0 Å². The van der Waals surface area contributed by atoms with E-state index in [1.165, 1.54) is 12.1 Å². The third-order valence-corrected chi connectivity index (χ3v) is 2.51. The SMILES string of the molecule is FC(F)(F)Oc1ccccc1NN1CCNCC1. The zero-order chi connectivity index (χ0) is 13.0. The molecule has 0 amide bonds. The second-order valence-corrected chi connectivity index (χ2v) is 3.89. The zero-order valence-corrected chi connectivity index (χ0v) is 9.63. The number of nitrogens with zero attached hydrogens (tertiary/aromatic N) is 1. The topological polar surface area (TPSA) is 36.5 Å². The number of nitrogens with one attached hydrogen (secondary N) is 2. The Bertz CT molecular complexity index is 391. The predicted molar refractivity (Wildman–Crippen MR) is 61.2 cm³/mol. The molecule has 2 rings (SSSR count). The van der Waals surface area contributed by atoms with Crippen molar-refractivity contribution in [2.75, 3.05) is 31.6 Å². The van der Waals surface area contributed by atoms with Crippen molar-refractivity contribution in [1.82, 2.24) is 10.3 Å². The van der Waals surface area contributed by atoms with Gasteiger partial charge in [-0.1, -0.05) is 12.1 Å². The van der Waals surface area contributed by atoms with Gasteiger partial charge in [-0.2, -0.15) is 0 Å². The highest BCUT2D eigenvalue weighted by Gasteiger charge is 2.32. The molecule has 18 heavy (non-hydrogen) atoms. The average Bonchev–Trinajstić information content (AvgIpc) is 2.31. The number of rotatable bonds is 3. The van der Waals surface area contributed by atoms with Gasteiger partial charge in [0.05, 0.1) is 5.69 Å². The van der Waals surface area contributed by atoms with E-state index in [0.29, 0.717) is 5.69 Å². The quantitative estimate of drug-likeness (QED) is 0.870. The van der Waals surface area contributed by atoms with Gasteiger partial charge in [0, 0.05) is 26.2 Å². The van der Waals surface area contributed by atoms with Crippen molar-refractivity contribution in [3.8, 4) is 5.75 Å². The summed E-state index contributed by atoms with van der Waals surface area (Å²) in [7, 11) is 0. The van der Waals surface area contributed by atoms with Crippen molar-refractivity contribution < 1.29 is 17.9 Å². The lowest BCUT2D eigenvalue weighted by Gasteiger charge is -2.29. The van der Waals surface area contributed by atoms with Crippen LogP contribution < -0.4 is 15.5 Å². The van der Waals surface area contributed by atoms with E-state index in [1.54, 1.807) is 12.1 Å². The van der Waals surface area contributed by atoms with Crippen LogP contribution in [0, 0.1) is 0 Å². The molecule has 1 fully saturated rings. The van der Waals surface area contributed by atoms with Gasteiger partial charge in [0.1, 0.15) is 0 Å².